The van der Waals surface area contributed by atoms with Gasteiger partial charge < -0.3 is 14.7 Å². The van der Waals surface area contributed by atoms with E-state index in [0.29, 0.717) is 24.3 Å². The number of carboxylic acids is 1. The van der Waals surface area contributed by atoms with Crippen LogP contribution >= 0.6 is 0 Å². The van der Waals surface area contributed by atoms with Crippen molar-refractivity contribution in [2.45, 2.75) is 19.4 Å². The number of nitrogens with zero attached hydrogens (tertiary/aromatic N) is 2. The van der Waals surface area contributed by atoms with Crippen molar-refractivity contribution < 1.29 is 19.6 Å². The van der Waals surface area contributed by atoms with E-state index in [-0.39, 0.29) is 12.3 Å². The summed E-state index contributed by atoms with van der Waals surface area (Å²) in [6, 6.07) is 5.16. The SMILES string of the molecule is Cc1cccc(N2CC(C)(OCC(=O)O)C2)c1[N+](=O)[O-]. The van der Waals surface area contributed by atoms with Gasteiger partial charge in [-0.15, -0.1) is 0 Å². The number of ether oxygens (including phenoxy) is 1. The van der Waals surface area contributed by atoms with Gasteiger partial charge in [0.05, 0.1) is 4.92 Å². The van der Waals surface area contributed by atoms with Crippen molar-refractivity contribution in [3.05, 3.63) is 33.9 Å². The number of nitro groups is 1. The summed E-state index contributed by atoms with van der Waals surface area (Å²) < 4.78 is 5.30. The van der Waals surface area contributed by atoms with Crippen molar-refractivity contribution in [3.63, 3.8) is 0 Å². The first-order chi connectivity index (χ1) is 9.32. The summed E-state index contributed by atoms with van der Waals surface area (Å²) in [6.45, 7) is 4.00. The first-order valence-corrected chi connectivity index (χ1v) is 6.17. The molecule has 0 spiro atoms. The number of rotatable bonds is 5. The first-order valence-electron chi connectivity index (χ1n) is 6.17. The lowest BCUT2D eigenvalue weighted by Crippen LogP contribution is -2.62. The third kappa shape index (κ3) is 2.72. The fourth-order valence-corrected chi connectivity index (χ4v) is 2.39. The molecule has 1 aromatic rings. The third-order valence-electron chi connectivity index (χ3n) is 3.33. The Morgan fingerprint density at radius 3 is 2.75 bits per heavy atom. The minimum Gasteiger partial charge on any atom is -0.480 e. The molecule has 0 aromatic heterocycles. The van der Waals surface area contributed by atoms with Crippen LogP contribution < -0.4 is 4.90 Å². The van der Waals surface area contributed by atoms with Crippen molar-refractivity contribution in [1.29, 1.82) is 0 Å². The van der Waals surface area contributed by atoms with Crippen LogP contribution in [0.1, 0.15) is 12.5 Å². The molecule has 7 heteroatoms. The zero-order valence-electron chi connectivity index (χ0n) is 11.3. The second-order valence-corrected chi connectivity index (χ2v) is 5.19. The van der Waals surface area contributed by atoms with Crippen LogP contribution in [0.25, 0.3) is 0 Å². The van der Waals surface area contributed by atoms with Gasteiger partial charge in [-0.25, -0.2) is 4.79 Å². The Balaban J connectivity index is 2.11. The van der Waals surface area contributed by atoms with Gasteiger partial charge in [-0.1, -0.05) is 12.1 Å². The number of anilines is 1. The van der Waals surface area contributed by atoms with Crippen LogP contribution in [0.2, 0.25) is 0 Å². The molecule has 1 heterocycles. The number of para-hydroxylation sites is 1. The van der Waals surface area contributed by atoms with Crippen LogP contribution in [0, 0.1) is 17.0 Å². The molecule has 0 radical (unpaired) electrons. The predicted molar refractivity (Wildman–Crippen MR) is 72.0 cm³/mol. The van der Waals surface area contributed by atoms with Crippen LogP contribution in [-0.2, 0) is 9.53 Å². The number of nitro benzene ring substituents is 1. The second-order valence-electron chi connectivity index (χ2n) is 5.19. The molecule has 0 unspecified atom stereocenters. The summed E-state index contributed by atoms with van der Waals surface area (Å²) >= 11 is 0. The molecule has 2 rings (SSSR count). The zero-order chi connectivity index (χ0) is 14.9. The van der Waals surface area contributed by atoms with E-state index in [2.05, 4.69) is 0 Å². The smallest absolute Gasteiger partial charge is 0.329 e. The topological polar surface area (TPSA) is 92.9 Å². The predicted octanol–water partition coefficient (Wildman–Crippen LogP) is 1.58. The maximum Gasteiger partial charge on any atom is 0.329 e. The van der Waals surface area contributed by atoms with Crippen LogP contribution in [0.15, 0.2) is 18.2 Å². The highest BCUT2D eigenvalue weighted by Crippen LogP contribution is 2.37. The normalized spacial score (nSPS) is 16.6. The highest BCUT2D eigenvalue weighted by atomic mass is 16.6. The molecule has 0 saturated carbocycles. The van der Waals surface area contributed by atoms with E-state index in [0.717, 1.165) is 0 Å². The summed E-state index contributed by atoms with van der Waals surface area (Å²) in [5.74, 6) is -1.02. The molecule has 1 fully saturated rings. The van der Waals surface area contributed by atoms with E-state index in [9.17, 15) is 14.9 Å². The lowest BCUT2D eigenvalue weighted by Gasteiger charge is -2.48. The zero-order valence-corrected chi connectivity index (χ0v) is 11.3. The van der Waals surface area contributed by atoms with Gasteiger partial charge >= 0.3 is 5.97 Å². The molecule has 0 amide bonds. The number of benzene rings is 1. The van der Waals surface area contributed by atoms with Crippen molar-refractivity contribution in [3.8, 4) is 0 Å². The van der Waals surface area contributed by atoms with E-state index in [4.69, 9.17) is 9.84 Å². The van der Waals surface area contributed by atoms with E-state index >= 15 is 0 Å². The lowest BCUT2D eigenvalue weighted by molar-refractivity contribution is -0.384. The Kier molecular flexibility index (Phi) is 3.63. The van der Waals surface area contributed by atoms with Crippen LogP contribution in [0.4, 0.5) is 11.4 Å². The van der Waals surface area contributed by atoms with E-state index < -0.39 is 16.5 Å². The third-order valence-corrected chi connectivity index (χ3v) is 3.33. The summed E-state index contributed by atoms with van der Waals surface area (Å²) in [5.41, 5.74) is 0.669. The molecule has 1 aromatic carbocycles. The average molecular weight is 280 g/mol. The van der Waals surface area contributed by atoms with E-state index in [1.165, 1.54) is 0 Å². The monoisotopic (exact) mass is 280 g/mol. The highest BCUT2D eigenvalue weighted by Gasteiger charge is 2.42. The van der Waals surface area contributed by atoms with Gasteiger partial charge in [0, 0.05) is 18.7 Å². The number of carboxylic acid groups (broad SMARTS) is 1. The van der Waals surface area contributed by atoms with Gasteiger partial charge in [-0.05, 0) is 19.9 Å². The first kappa shape index (κ1) is 14.3. The maximum absolute atomic E-state index is 11.1. The number of hydrogen-bond acceptors (Lipinski definition) is 5. The van der Waals surface area contributed by atoms with Crippen molar-refractivity contribution in [2.75, 3.05) is 24.6 Å². The fourth-order valence-electron chi connectivity index (χ4n) is 2.39. The van der Waals surface area contributed by atoms with Gasteiger partial charge in [0.25, 0.3) is 5.69 Å². The van der Waals surface area contributed by atoms with Gasteiger partial charge in [-0.3, -0.25) is 10.1 Å². The van der Waals surface area contributed by atoms with Gasteiger partial charge in [0.2, 0.25) is 0 Å². The average Bonchev–Trinajstić information content (AvgIpc) is 2.32. The summed E-state index contributed by atoms with van der Waals surface area (Å²) in [4.78, 5) is 23.1. The molecule has 0 bridgehead atoms. The number of aliphatic carboxylic acids is 1. The molecule has 1 saturated heterocycles. The van der Waals surface area contributed by atoms with Crippen molar-refractivity contribution in [1.82, 2.24) is 0 Å². The standard InChI is InChI=1S/C13H16N2O5/c1-9-4-3-5-10(12(9)15(18)19)14-7-13(2,8-14)20-6-11(16)17/h3-5H,6-8H2,1-2H3,(H,16,17). The number of carbonyl (C=O) groups is 1. The van der Waals surface area contributed by atoms with Crippen LogP contribution in [0.3, 0.4) is 0 Å². The fraction of sp³-hybridized carbons (Fsp3) is 0.462. The summed E-state index contributed by atoms with van der Waals surface area (Å²) in [5, 5.41) is 19.7. The number of aryl methyl sites for hydroxylation is 1. The lowest BCUT2D eigenvalue weighted by atomic mass is 9.94. The minimum atomic E-state index is -1.02. The molecule has 20 heavy (non-hydrogen) atoms. The Labute approximate surface area is 115 Å². The van der Waals surface area contributed by atoms with Crippen LogP contribution in [-0.4, -0.2) is 41.3 Å². The Bertz CT molecular complexity index is 552. The molecule has 1 aliphatic rings. The number of hydrogen-bond donors (Lipinski definition) is 1. The Morgan fingerprint density at radius 2 is 2.20 bits per heavy atom. The van der Waals surface area contributed by atoms with Crippen LogP contribution in [0.5, 0.6) is 0 Å². The van der Waals surface area contributed by atoms with Gasteiger partial charge in [0.1, 0.15) is 17.9 Å². The molecule has 0 atom stereocenters. The summed E-state index contributed by atoms with van der Waals surface area (Å²) in [6.07, 6.45) is 0. The van der Waals surface area contributed by atoms with Crippen molar-refractivity contribution in [2.24, 2.45) is 0 Å². The maximum atomic E-state index is 11.1. The van der Waals surface area contributed by atoms with Gasteiger partial charge in [0.15, 0.2) is 0 Å². The summed E-state index contributed by atoms with van der Waals surface area (Å²) in [7, 11) is 0. The highest BCUT2D eigenvalue weighted by molar-refractivity contribution is 5.69. The molecule has 108 valence electrons. The van der Waals surface area contributed by atoms with E-state index in [1.807, 2.05) is 4.90 Å². The molecule has 1 aliphatic heterocycles. The minimum absolute atomic E-state index is 0.0905. The molecule has 0 aliphatic carbocycles. The molecular weight excluding hydrogens is 264 g/mol. The second kappa shape index (κ2) is 5.09. The van der Waals surface area contributed by atoms with Gasteiger partial charge in [-0.2, -0.15) is 0 Å². The Morgan fingerprint density at radius 1 is 1.55 bits per heavy atom. The van der Waals surface area contributed by atoms with E-state index in [1.54, 1.807) is 32.0 Å². The van der Waals surface area contributed by atoms with Crippen molar-refractivity contribution >= 4 is 17.3 Å². The molecule has 7 nitrogen and oxygen atoms in total. The molecule has 1 N–H and O–H groups in total. The Hall–Kier alpha value is -2.15. The quantitative estimate of drug-likeness (QED) is 0.650. The largest absolute Gasteiger partial charge is 0.480 e. The molecular formula is C13H16N2O5.